The molecule has 0 radical (unpaired) electrons. The topological polar surface area (TPSA) is 307 Å². The Hall–Kier alpha value is -1.47. The van der Waals surface area contributed by atoms with E-state index in [4.69, 9.17) is 28.4 Å². The van der Waals surface area contributed by atoms with E-state index in [0.717, 1.165) is 44.9 Å². The van der Waals surface area contributed by atoms with Crippen LogP contribution in [0.5, 0.6) is 0 Å². The highest BCUT2D eigenvalue weighted by molar-refractivity contribution is 5.76. The van der Waals surface area contributed by atoms with E-state index in [9.17, 15) is 61.0 Å². The molecule has 0 aliphatic carbocycles. The molecule has 0 bridgehead atoms. The van der Waals surface area contributed by atoms with Crippen LogP contribution < -0.4 is 5.32 Å². The summed E-state index contributed by atoms with van der Waals surface area (Å²) in [6.45, 7) is 1.87. The van der Waals surface area contributed by atoms with Gasteiger partial charge in [0.05, 0.1) is 38.6 Å². The summed E-state index contributed by atoms with van der Waals surface area (Å²) in [5.41, 5.74) is 0. The standard InChI is InChI=1S/C81H155NO18/c1-3-5-7-9-11-13-15-17-19-21-23-25-27-28-29-30-31-32-33-34-35-37-38-40-42-44-46-48-50-52-54-56-58-65(86)64(82-69(87)59-57-55-53-51-49-47-45-43-41-39-36-26-24-22-20-18-16-14-12-10-8-6-4-2)63-95-79-75(93)72(90)77(67(61-84)97-79)100-81-76(94)73(91)78(68(62-85)98-81)99-80-74(92)71(89)70(88)66(60-83)96-80/h22,24,64-68,70-81,83-86,88-94H,3-21,23,25-63H2,1-2H3,(H,82,87)/b24-22-. The lowest BCUT2D eigenvalue weighted by Gasteiger charge is -2.48. The number of carbonyl (C=O) groups excluding carboxylic acids is 1. The predicted octanol–water partition coefficient (Wildman–Crippen LogP) is 14.3. The minimum Gasteiger partial charge on any atom is -0.394 e. The van der Waals surface area contributed by atoms with E-state index in [-0.39, 0.29) is 18.9 Å². The average molecular weight is 1430 g/mol. The molecule has 3 heterocycles. The van der Waals surface area contributed by atoms with Gasteiger partial charge in [0.25, 0.3) is 0 Å². The molecular weight excluding hydrogens is 1270 g/mol. The highest BCUT2D eigenvalue weighted by Gasteiger charge is 2.54. The molecule has 0 saturated carbocycles. The van der Waals surface area contributed by atoms with Gasteiger partial charge in [0.1, 0.15) is 73.2 Å². The molecule has 19 nitrogen and oxygen atoms in total. The van der Waals surface area contributed by atoms with E-state index in [1.54, 1.807) is 0 Å². The van der Waals surface area contributed by atoms with Gasteiger partial charge in [0.2, 0.25) is 5.91 Å². The van der Waals surface area contributed by atoms with Crippen LogP contribution in [0.2, 0.25) is 0 Å². The van der Waals surface area contributed by atoms with Gasteiger partial charge in [-0.15, -0.1) is 0 Å². The smallest absolute Gasteiger partial charge is 0.220 e. The van der Waals surface area contributed by atoms with Gasteiger partial charge in [-0.2, -0.15) is 0 Å². The fourth-order valence-corrected chi connectivity index (χ4v) is 14.6. The number of carbonyl (C=O) groups is 1. The van der Waals surface area contributed by atoms with Crippen LogP contribution in [0.4, 0.5) is 0 Å². The second kappa shape index (κ2) is 62.6. The zero-order valence-corrected chi connectivity index (χ0v) is 63.5. The minimum absolute atomic E-state index is 0.236. The Morgan fingerprint density at radius 2 is 0.630 bits per heavy atom. The number of aliphatic hydroxyl groups is 11. The molecule has 100 heavy (non-hydrogen) atoms. The van der Waals surface area contributed by atoms with Crippen LogP contribution in [0.1, 0.15) is 367 Å². The molecule has 19 heteroatoms. The summed E-state index contributed by atoms with van der Waals surface area (Å²) in [4.78, 5) is 13.5. The number of nitrogens with one attached hydrogen (secondary N) is 1. The summed E-state index contributed by atoms with van der Waals surface area (Å²) < 4.78 is 34.6. The largest absolute Gasteiger partial charge is 0.394 e. The van der Waals surface area contributed by atoms with Crippen LogP contribution in [0.15, 0.2) is 12.2 Å². The summed E-state index contributed by atoms with van der Waals surface area (Å²) in [6.07, 6.45) is 47.4. The van der Waals surface area contributed by atoms with Crippen molar-refractivity contribution in [3.05, 3.63) is 12.2 Å². The van der Waals surface area contributed by atoms with Crippen molar-refractivity contribution >= 4 is 5.91 Å². The fourth-order valence-electron chi connectivity index (χ4n) is 14.6. The molecule has 3 aliphatic rings. The summed E-state index contributed by atoms with van der Waals surface area (Å²) in [7, 11) is 0. The molecule has 592 valence electrons. The van der Waals surface area contributed by atoms with Gasteiger partial charge in [0.15, 0.2) is 18.9 Å². The fraction of sp³-hybridized carbons (Fsp3) is 0.963. The van der Waals surface area contributed by atoms with Crippen molar-refractivity contribution in [3.63, 3.8) is 0 Å². The van der Waals surface area contributed by atoms with E-state index < -0.39 is 124 Å². The summed E-state index contributed by atoms with van der Waals surface area (Å²) in [6, 6.07) is -0.887. The molecule has 3 aliphatic heterocycles. The second-order valence-corrected chi connectivity index (χ2v) is 30.3. The third-order valence-electron chi connectivity index (χ3n) is 21.3. The number of amides is 1. The third-order valence-corrected chi connectivity index (χ3v) is 21.3. The van der Waals surface area contributed by atoms with Crippen LogP contribution in [0, 0.1) is 0 Å². The molecule has 0 aromatic rings. The first-order valence-electron chi connectivity index (χ1n) is 41.9. The lowest BCUT2D eigenvalue weighted by molar-refractivity contribution is -0.379. The van der Waals surface area contributed by atoms with Gasteiger partial charge >= 0.3 is 0 Å². The van der Waals surface area contributed by atoms with Crippen molar-refractivity contribution in [2.24, 2.45) is 0 Å². The molecule has 17 unspecified atom stereocenters. The van der Waals surface area contributed by atoms with Gasteiger partial charge in [-0.3, -0.25) is 4.79 Å². The van der Waals surface area contributed by atoms with Gasteiger partial charge < -0.3 is 89.9 Å². The number of aliphatic hydroxyl groups excluding tert-OH is 11. The van der Waals surface area contributed by atoms with Crippen LogP contribution in [0.3, 0.4) is 0 Å². The van der Waals surface area contributed by atoms with E-state index >= 15 is 0 Å². The molecule has 17 atom stereocenters. The Labute approximate surface area is 607 Å². The number of hydrogen-bond acceptors (Lipinski definition) is 18. The molecule has 1 amide bonds. The van der Waals surface area contributed by atoms with Crippen LogP contribution in [-0.2, 0) is 33.2 Å². The lowest BCUT2D eigenvalue weighted by Crippen LogP contribution is -2.66. The highest BCUT2D eigenvalue weighted by atomic mass is 16.8. The van der Waals surface area contributed by atoms with Gasteiger partial charge in [-0.25, -0.2) is 0 Å². The second-order valence-electron chi connectivity index (χ2n) is 30.3. The normalized spacial score (nSPS) is 26.4. The first-order valence-corrected chi connectivity index (χ1v) is 41.9. The van der Waals surface area contributed by atoms with Crippen LogP contribution in [-0.4, -0.2) is 193 Å². The number of unbranched alkanes of at least 4 members (excludes halogenated alkanes) is 50. The molecule has 3 fully saturated rings. The quantitative estimate of drug-likeness (QED) is 0.0199. The predicted molar refractivity (Wildman–Crippen MR) is 397 cm³/mol. The van der Waals surface area contributed by atoms with E-state index in [2.05, 4.69) is 31.3 Å². The Morgan fingerprint density at radius 3 is 0.970 bits per heavy atom. The summed E-state index contributed by atoms with van der Waals surface area (Å²) >= 11 is 0. The first kappa shape index (κ1) is 92.7. The molecule has 12 N–H and O–H groups in total. The van der Waals surface area contributed by atoms with Crippen molar-refractivity contribution in [2.45, 2.75) is 471 Å². The number of rotatable bonds is 68. The van der Waals surface area contributed by atoms with Crippen LogP contribution in [0.25, 0.3) is 0 Å². The Bertz CT molecular complexity index is 1850. The maximum absolute atomic E-state index is 13.5. The maximum atomic E-state index is 13.5. The van der Waals surface area contributed by atoms with Crippen molar-refractivity contribution in [2.75, 3.05) is 26.4 Å². The number of hydrogen-bond donors (Lipinski definition) is 12. The SMILES string of the molecule is CCCCCCCCCC/C=C\CCCCCCCCCCCCCC(=O)NC(COC1OC(CO)C(OC2OC(CO)C(OC3OC(CO)C(O)C(O)C3O)C(O)C2O)C(O)C1O)C(O)CCCCCCCCCCCCCCCCCCCCCCCCCCCCCCCCCC. The molecule has 0 aromatic carbocycles. The van der Waals surface area contributed by atoms with Gasteiger partial charge in [-0.05, 0) is 38.5 Å². The van der Waals surface area contributed by atoms with Crippen LogP contribution >= 0.6 is 0 Å². The Kier molecular flexibility index (Phi) is 58.0. The number of ether oxygens (including phenoxy) is 6. The molecular formula is C81H155NO18. The zero-order chi connectivity index (χ0) is 72.5. The Balaban J connectivity index is 1.35. The summed E-state index contributed by atoms with van der Waals surface area (Å²) in [5, 5.41) is 121. The van der Waals surface area contributed by atoms with Crippen molar-refractivity contribution in [3.8, 4) is 0 Å². The monoisotopic (exact) mass is 1430 g/mol. The van der Waals surface area contributed by atoms with E-state index in [0.29, 0.717) is 12.8 Å². The molecule has 3 saturated heterocycles. The molecule has 0 aromatic heterocycles. The maximum Gasteiger partial charge on any atom is 0.220 e. The summed E-state index contributed by atoms with van der Waals surface area (Å²) in [5.74, 6) is -0.236. The van der Waals surface area contributed by atoms with E-state index in [1.807, 2.05) is 0 Å². The van der Waals surface area contributed by atoms with Crippen molar-refractivity contribution in [1.29, 1.82) is 0 Å². The molecule has 0 spiro atoms. The zero-order valence-electron chi connectivity index (χ0n) is 63.5. The van der Waals surface area contributed by atoms with Crippen molar-refractivity contribution < 1.29 is 89.4 Å². The Morgan fingerprint density at radius 1 is 0.350 bits per heavy atom. The third kappa shape index (κ3) is 42.2. The highest BCUT2D eigenvalue weighted by Crippen LogP contribution is 2.33. The minimum atomic E-state index is -1.97. The average Bonchev–Trinajstić information content (AvgIpc) is 0.783. The van der Waals surface area contributed by atoms with Crippen molar-refractivity contribution in [1.82, 2.24) is 5.32 Å². The lowest BCUT2D eigenvalue weighted by atomic mass is 9.96. The van der Waals surface area contributed by atoms with E-state index in [1.165, 1.54) is 289 Å². The number of allylic oxidation sites excluding steroid dienone is 2. The van der Waals surface area contributed by atoms with Gasteiger partial charge in [0, 0.05) is 6.42 Å². The molecule has 3 rings (SSSR count). The first-order chi connectivity index (χ1) is 48.8. The van der Waals surface area contributed by atoms with Gasteiger partial charge in [-0.1, -0.05) is 334 Å².